The van der Waals surface area contributed by atoms with Crippen LogP contribution in [0.5, 0.6) is 0 Å². The van der Waals surface area contributed by atoms with E-state index in [0.29, 0.717) is 0 Å². The lowest BCUT2D eigenvalue weighted by Gasteiger charge is -2.14. The highest BCUT2D eigenvalue weighted by Crippen LogP contribution is 2.44. The molecule has 33 heavy (non-hydrogen) atoms. The smallest absolute Gasteiger partial charge is 0.413 e. The summed E-state index contributed by atoms with van der Waals surface area (Å²) in [6.45, 7) is -0.0272. The van der Waals surface area contributed by atoms with E-state index in [-0.39, 0.29) is 29.1 Å². The van der Waals surface area contributed by atoms with Gasteiger partial charge in [-0.15, -0.1) is 0 Å². The highest BCUT2D eigenvalue weighted by Gasteiger charge is 2.29. The summed E-state index contributed by atoms with van der Waals surface area (Å²) in [5.41, 5.74) is 4.46. The van der Waals surface area contributed by atoms with Crippen LogP contribution in [0.2, 0.25) is 0 Å². The van der Waals surface area contributed by atoms with E-state index in [1.807, 2.05) is 36.4 Å². The van der Waals surface area contributed by atoms with Crippen LogP contribution in [0.4, 0.5) is 9.93 Å². The number of hydrogen-bond acceptors (Lipinski definition) is 7. The molecule has 1 atom stereocenters. The molecule has 10 heteroatoms. The summed E-state index contributed by atoms with van der Waals surface area (Å²) in [4.78, 5) is 39.9. The number of methoxy groups -OCH3 is 1. The van der Waals surface area contributed by atoms with Gasteiger partial charge in [0.25, 0.3) is 5.91 Å². The number of carbonyl (C=O) groups excluding carboxylic acids is 2. The Bertz CT molecular complexity index is 1150. The normalized spacial score (nSPS) is 13.0. The fraction of sp³-hybridized carbons (Fsp3) is 0.217. The molecule has 3 aromatic rings. The van der Waals surface area contributed by atoms with Crippen LogP contribution in [0, 0.1) is 0 Å². The van der Waals surface area contributed by atoms with Gasteiger partial charge in [-0.2, -0.15) is 0 Å². The summed E-state index contributed by atoms with van der Waals surface area (Å²) < 4.78 is 10.3. The van der Waals surface area contributed by atoms with Crippen LogP contribution < -0.4 is 10.6 Å². The number of carbonyl (C=O) groups is 3. The van der Waals surface area contributed by atoms with Crippen LogP contribution in [0.3, 0.4) is 0 Å². The van der Waals surface area contributed by atoms with Crippen LogP contribution >= 0.6 is 11.3 Å². The maximum Gasteiger partial charge on any atom is 0.413 e. The minimum Gasteiger partial charge on any atom is -0.480 e. The summed E-state index contributed by atoms with van der Waals surface area (Å²) in [6.07, 6.45) is 0.561. The van der Waals surface area contributed by atoms with Crippen molar-refractivity contribution in [2.24, 2.45) is 0 Å². The Labute approximate surface area is 193 Å². The van der Waals surface area contributed by atoms with E-state index in [2.05, 4.69) is 27.8 Å². The molecule has 1 aromatic heterocycles. The van der Waals surface area contributed by atoms with Crippen molar-refractivity contribution in [2.45, 2.75) is 12.0 Å². The molecule has 0 saturated heterocycles. The molecule has 2 aromatic carbocycles. The Hall–Kier alpha value is -3.76. The molecule has 2 amide bonds. The molecule has 0 spiro atoms. The van der Waals surface area contributed by atoms with Gasteiger partial charge < -0.3 is 19.9 Å². The Morgan fingerprint density at radius 2 is 1.73 bits per heavy atom. The van der Waals surface area contributed by atoms with Gasteiger partial charge in [0.1, 0.15) is 11.5 Å². The number of anilines is 1. The number of fused-ring (bicyclic) bond motifs is 3. The molecule has 9 nitrogen and oxygen atoms in total. The SMILES string of the molecule is COCC(NC(=O)c1cnc(NC(=O)OCC2c3ccccc3-c3ccccc32)s1)C(=O)O. The van der Waals surface area contributed by atoms with Gasteiger partial charge in [0.2, 0.25) is 0 Å². The number of nitrogens with one attached hydrogen (secondary N) is 2. The largest absolute Gasteiger partial charge is 0.480 e. The fourth-order valence-corrected chi connectivity index (χ4v) is 4.43. The zero-order valence-corrected chi connectivity index (χ0v) is 18.4. The highest BCUT2D eigenvalue weighted by atomic mass is 32.1. The third-order valence-corrected chi connectivity index (χ3v) is 6.13. The Kier molecular flexibility index (Phi) is 6.66. The number of aromatic nitrogens is 1. The van der Waals surface area contributed by atoms with Crippen molar-refractivity contribution in [2.75, 3.05) is 25.6 Å². The van der Waals surface area contributed by atoms with Gasteiger partial charge in [-0.05, 0) is 22.3 Å². The molecule has 1 unspecified atom stereocenters. The Morgan fingerprint density at radius 3 is 2.33 bits per heavy atom. The zero-order valence-electron chi connectivity index (χ0n) is 17.6. The van der Waals surface area contributed by atoms with E-state index in [0.717, 1.165) is 33.6 Å². The van der Waals surface area contributed by atoms with E-state index in [4.69, 9.17) is 14.6 Å². The second kappa shape index (κ2) is 9.80. The van der Waals surface area contributed by atoms with Crippen molar-refractivity contribution in [3.05, 3.63) is 70.7 Å². The number of nitrogens with zero attached hydrogens (tertiary/aromatic N) is 1. The van der Waals surface area contributed by atoms with Crippen LogP contribution in [0.1, 0.15) is 26.7 Å². The van der Waals surface area contributed by atoms with Crippen LogP contribution in [-0.4, -0.2) is 54.4 Å². The average Bonchev–Trinajstić information content (AvgIpc) is 3.40. The summed E-state index contributed by atoms with van der Waals surface area (Å²) in [5.74, 6) is -1.92. The minimum absolute atomic E-state index is 0.0745. The monoisotopic (exact) mass is 467 g/mol. The van der Waals surface area contributed by atoms with Crippen molar-refractivity contribution in [1.82, 2.24) is 10.3 Å². The van der Waals surface area contributed by atoms with Gasteiger partial charge in [-0.1, -0.05) is 59.9 Å². The lowest BCUT2D eigenvalue weighted by molar-refractivity contribution is -0.140. The van der Waals surface area contributed by atoms with Crippen LogP contribution in [0.15, 0.2) is 54.7 Å². The molecule has 0 saturated carbocycles. The molecule has 1 aliphatic carbocycles. The maximum atomic E-state index is 12.4. The van der Waals surface area contributed by atoms with Crippen molar-refractivity contribution in [3.8, 4) is 11.1 Å². The Morgan fingerprint density at radius 1 is 1.09 bits per heavy atom. The maximum absolute atomic E-state index is 12.4. The van der Waals surface area contributed by atoms with Crippen molar-refractivity contribution in [3.63, 3.8) is 0 Å². The number of carboxylic acid groups (broad SMARTS) is 1. The van der Waals surface area contributed by atoms with E-state index >= 15 is 0 Å². The molecular formula is C23H21N3O6S. The summed E-state index contributed by atoms with van der Waals surface area (Å²) in [6, 6.07) is 14.9. The molecule has 3 N–H and O–H groups in total. The van der Waals surface area contributed by atoms with Crippen LogP contribution in [-0.2, 0) is 14.3 Å². The van der Waals surface area contributed by atoms with Gasteiger partial charge in [0, 0.05) is 13.0 Å². The van der Waals surface area contributed by atoms with Crippen molar-refractivity contribution < 1.29 is 29.0 Å². The van der Waals surface area contributed by atoms with Crippen LogP contribution in [0.25, 0.3) is 11.1 Å². The molecule has 1 aliphatic rings. The first-order valence-corrected chi connectivity index (χ1v) is 10.9. The number of amides is 2. The van der Waals surface area contributed by atoms with Gasteiger partial charge in [0.05, 0.1) is 12.8 Å². The first-order chi connectivity index (χ1) is 16.0. The van der Waals surface area contributed by atoms with Crippen molar-refractivity contribution >= 4 is 34.4 Å². The number of thiazole rings is 1. The first kappa shape index (κ1) is 22.4. The molecule has 1 heterocycles. The van der Waals surface area contributed by atoms with E-state index in [9.17, 15) is 14.4 Å². The lowest BCUT2D eigenvalue weighted by Crippen LogP contribution is -2.43. The number of aliphatic carboxylic acids is 1. The molecule has 0 radical (unpaired) electrons. The van der Waals surface area contributed by atoms with E-state index in [1.165, 1.54) is 13.3 Å². The number of hydrogen-bond donors (Lipinski definition) is 3. The quantitative estimate of drug-likeness (QED) is 0.464. The third kappa shape index (κ3) is 4.86. The van der Waals surface area contributed by atoms with Gasteiger partial charge >= 0.3 is 12.1 Å². The molecular weight excluding hydrogens is 446 g/mol. The number of carboxylic acids is 1. The van der Waals surface area contributed by atoms with Crippen molar-refractivity contribution in [1.29, 1.82) is 0 Å². The van der Waals surface area contributed by atoms with Gasteiger partial charge in [0.15, 0.2) is 11.2 Å². The fourth-order valence-electron chi connectivity index (χ4n) is 3.73. The second-order valence-corrected chi connectivity index (χ2v) is 8.33. The second-order valence-electron chi connectivity index (χ2n) is 7.30. The molecule has 4 rings (SSSR count). The highest BCUT2D eigenvalue weighted by molar-refractivity contribution is 7.17. The summed E-state index contributed by atoms with van der Waals surface area (Å²) in [5, 5.41) is 14.1. The van der Waals surface area contributed by atoms with E-state index < -0.39 is 24.0 Å². The third-order valence-electron chi connectivity index (χ3n) is 5.22. The average molecular weight is 468 g/mol. The first-order valence-electron chi connectivity index (χ1n) is 10.1. The van der Waals surface area contributed by atoms with Gasteiger partial charge in [-0.3, -0.25) is 10.1 Å². The molecule has 0 aliphatic heterocycles. The predicted molar refractivity (Wildman–Crippen MR) is 122 cm³/mol. The molecule has 0 bridgehead atoms. The molecule has 170 valence electrons. The summed E-state index contributed by atoms with van der Waals surface area (Å²) in [7, 11) is 1.34. The topological polar surface area (TPSA) is 127 Å². The Balaban J connectivity index is 1.36. The number of benzene rings is 2. The zero-order chi connectivity index (χ0) is 23.4. The lowest BCUT2D eigenvalue weighted by atomic mass is 9.98. The minimum atomic E-state index is -1.22. The van der Waals surface area contributed by atoms with E-state index in [1.54, 1.807) is 0 Å². The number of rotatable bonds is 8. The van der Waals surface area contributed by atoms with Gasteiger partial charge in [-0.25, -0.2) is 14.6 Å². The number of ether oxygens (including phenoxy) is 2. The summed E-state index contributed by atoms with van der Waals surface area (Å²) >= 11 is 0.908. The molecule has 0 fully saturated rings. The standard InChI is InChI=1S/C23H21N3O6S/c1-31-12-18(21(28)29)25-20(27)19-10-24-22(33-19)26-23(30)32-11-17-15-8-4-2-6-13(15)14-7-3-5-9-16(14)17/h2-10,17-18H,11-12H2,1H3,(H,25,27)(H,28,29)(H,24,26,30). The predicted octanol–water partition coefficient (Wildman–Crippen LogP) is 3.33.